The fourth-order valence-electron chi connectivity index (χ4n) is 2.24. The number of hydrogen-bond acceptors (Lipinski definition) is 4. The Labute approximate surface area is 124 Å². The monoisotopic (exact) mass is 309 g/mol. The molecule has 0 aliphatic heterocycles. The molecule has 0 heterocycles. The van der Waals surface area contributed by atoms with Crippen LogP contribution in [0.1, 0.15) is 26.2 Å². The van der Waals surface area contributed by atoms with Crippen molar-refractivity contribution >= 4 is 21.4 Å². The van der Waals surface area contributed by atoms with Gasteiger partial charge in [0.25, 0.3) is 0 Å². The van der Waals surface area contributed by atoms with E-state index in [1.54, 1.807) is 6.92 Å². The first-order valence-electron chi connectivity index (χ1n) is 6.95. The Morgan fingerprint density at radius 2 is 2.14 bits per heavy atom. The van der Waals surface area contributed by atoms with Gasteiger partial charge < -0.3 is 10.4 Å². The lowest BCUT2D eigenvalue weighted by atomic mass is 9.93. The highest BCUT2D eigenvalue weighted by Crippen LogP contribution is 2.28. The summed E-state index contributed by atoms with van der Waals surface area (Å²) in [5.41, 5.74) is 0.143. The van der Waals surface area contributed by atoms with E-state index in [4.69, 9.17) is 0 Å². The first-order valence-corrected chi connectivity index (χ1v) is 8.61. The quantitative estimate of drug-likeness (QED) is 0.661. The molecule has 0 unspecified atom stereocenters. The van der Waals surface area contributed by atoms with E-state index in [0.29, 0.717) is 6.42 Å². The minimum absolute atomic E-state index is 0.0292. The van der Waals surface area contributed by atoms with Gasteiger partial charge in [-0.05, 0) is 37.5 Å². The van der Waals surface area contributed by atoms with Gasteiger partial charge in [0, 0.05) is 5.92 Å². The highest BCUT2D eigenvalue weighted by Gasteiger charge is 2.21. The van der Waals surface area contributed by atoms with E-state index in [1.165, 1.54) is 18.2 Å². The molecule has 1 atom stereocenters. The summed E-state index contributed by atoms with van der Waals surface area (Å²) in [6.07, 6.45) is 6.28. The van der Waals surface area contributed by atoms with E-state index in [9.17, 15) is 18.3 Å². The van der Waals surface area contributed by atoms with Crippen LogP contribution in [0.5, 0.6) is 5.75 Å². The van der Waals surface area contributed by atoms with Crippen molar-refractivity contribution in [1.29, 1.82) is 0 Å². The molecule has 1 aliphatic rings. The van der Waals surface area contributed by atoms with Gasteiger partial charge >= 0.3 is 0 Å². The molecule has 2 rings (SSSR count). The van der Waals surface area contributed by atoms with Crippen molar-refractivity contribution in [3.63, 3.8) is 0 Å². The second-order valence-corrected chi connectivity index (χ2v) is 7.33. The molecule has 2 N–H and O–H groups in total. The third kappa shape index (κ3) is 3.64. The average molecular weight is 309 g/mol. The van der Waals surface area contributed by atoms with Crippen molar-refractivity contribution in [2.24, 2.45) is 5.92 Å². The summed E-state index contributed by atoms with van der Waals surface area (Å²) < 4.78 is 23.7. The number of carbonyl (C=O) groups is 1. The van der Waals surface area contributed by atoms with E-state index >= 15 is 0 Å². The van der Waals surface area contributed by atoms with Gasteiger partial charge in [-0.2, -0.15) is 0 Å². The predicted molar refractivity (Wildman–Crippen MR) is 80.9 cm³/mol. The van der Waals surface area contributed by atoms with Crippen LogP contribution < -0.4 is 5.32 Å². The number of rotatable bonds is 4. The fraction of sp³-hybridized carbons (Fsp3) is 0.400. The summed E-state index contributed by atoms with van der Waals surface area (Å²) in [6.45, 7) is 1.55. The van der Waals surface area contributed by atoms with Crippen LogP contribution >= 0.6 is 0 Å². The molecule has 1 amide bonds. The third-order valence-corrected chi connectivity index (χ3v) is 5.34. The van der Waals surface area contributed by atoms with Crippen LogP contribution in [0.4, 0.5) is 5.69 Å². The average Bonchev–Trinajstić information content (AvgIpc) is 2.50. The van der Waals surface area contributed by atoms with Crippen molar-refractivity contribution in [1.82, 2.24) is 0 Å². The topological polar surface area (TPSA) is 83.5 Å². The molecule has 1 aromatic carbocycles. The van der Waals surface area contributed by atoms with Crippen LogP contribution in [0.2, 0.25) is 0 Å². The van der Waals surface area contributed by atoms with Gasteiger partial charge in [0.2, 0.25) is 5.91 Å². The van der Waals surface area contributed by atoms with Gasteiger partial charge in [-0.3, -0.25) is 4.79 Å². The summed E-state index contributed by atoms with van der Waals surface area (Å²) >= 11 is 0. The Bertz CT molecular complexity index is 664. The first-order chi connectivity index (χ1) is 9.94. The molecule has 0 saturated heterocycles. The molecule has 0 spiro atoms. The Morgan fingerprint density at radius 3 is 2.76 bits per heavy atom. The molecular formula is C15H19NO4S. The van der Waals surface area contributed by atoms with Crippen LogP contribution in [-0.2, 0) is 14.6 Å². The molecule has 0 radical (unpaired) electrons. The molecule has 5 nitrogen and oxygen atoms in total. The highest BCUT2D eigenvalue weighted by molar-refractivity contribution is 7.91. The maximum atomic E-state index is 12.1. The predicted octanol–water partition coefficient (Wildman–Crippen LogP) is 2.48. The molecule has 0 saturated carbocycles. The molecular weight excluding hydrogens is 290 g/mol. The number of sulfone groups is 1. The molecule has 0 fully saturated rings. The highest BCUT2D eigenvalue weighted by atomic mass is 32.2. The van der Waals surface area contributed by atoms with Crippen molar-refractivity contribution in [3.05, 3.63) is 30.4 Å². The van der Waals surface area contributed by atoms with Gasteiger partial charge in [-0.15, -0.1) is 0 Å². The number of phenolic OH excluding ortho intramolecular Hbond substituents is 1. The second-order valence-electron chi connectivity index (χ2n) is 5.05. The number of anilines is 1. The van der Waals surface area contributed by atoms with Crippen LogP contribution in [0, 0.1) is 5.92 Å². The lowest BCUT2D eigenvalue weighted by Crippen LogP contribution is -2.23. The van der Waals surface area contributed by atoms with E-state index in [1.807, 2.05) is 12.2 Å². The lowest BCUT2D eigenvalue weighted by molar-refractivity contribution is -0.120. The van der Waals surface area contributed by atoms with Crippen molar-refractivity contribution in [2.75, 3.05) is 11.1 Å². The molecule has 6 heteroatoms. The van der Waals surface area contributed by atoms with E-state index < -0.39 is 9.84 Å². The molecule has 0 aromatic heterocycles. The van der Waals surface area contributed by atoms with E-state index in [-0.39, 0.29) is 33.9 Å². The number of hydrogen-bond donors (Lipinski definition) is 2. The number of phenols is 1. The third-order valence-electron chi connectivity index (χ3n) is 3.60. The van der Waals surface area contributed by atoms with Gasteiger partial charge in [0.1, 0.15) is 5.75 Å². The lowest BCUT2D eigenvalue weighted by Gasteiger charge is -2.18. The number of benzene rings is 1. The Morgan fingerprint density at radius 1 is 1.38 bits per heavy atom. The number of nitrogens with one attached hydrogen (secondary N) is 1. The van der Waals surface area contributed by atoms with Crippen LogP contribution in [0.3, 0.4) is 0 Å². The van der Waals surface area contributed by atoms with Gasteiger partial charge in [0.15, 0.2) is 9.84 Å². The van der Waals surface area contributed by atoms with Crippen LogP contribution in [0.25, 0.3) is 0 Å². The van der Waals surface area contributed by atoms with Crippen molar-refractivity contribution < 1.29 is 18.3 Å². The smallest absolute Gasteiger partial charge is 0.227 e. The SMILES string of the molecule is CCS(=O)(=O)c1ccc(O)c(NC(=O)[C@@H]2CC=CCC2)c1. The molecule has 114 valence electrons. The zero-order valence-electron chi connectivity index (χ0n) is 11.9. The zero-order valence-corrected chi connectivity index (χ0v) is 12.7. The summed E-state index contributed by atoms with van der Waals surface area (Å²) in [7, 11) is -3.37. The Balaban J connectivity index is 2.21. The fourth-order valence-corrected chi connectivity index (χ4v) is 3.15. The van der Waals surface area contributed by atoms with Gasteiger partial charge in [-0.1, -0.05) is 19.1 Å². The van der Waals surface area contributed by atoms with Gasteiger partial charge in [0.05, 0.1) is 16.3 Å². The maximum absolute atomic E-state index is 12.1. The molecule has 21 heavy (non-hydrogen) atoms. The second kappa shape index (κ2) is 6.30. The molecule has 1 aliphatic carbocycles. The van der Waals surface area contributed by atoms with Crippen LogP contribution in [-0.4, -0.2) is 25.2 Å². The molecule has 0 bridgehead atoms. The van der Waals surface area contributed by atoms with Crippen molar-refractivity contribution in [3.8, 4) is 5.75 Å². The number of carbonyl (C=O) groups excluding carboxylic acids is 1. The first kappa shape index (κ1) is 15.6. The largest absolute Gasteiger partial charge is 0.506 e. The normalized spacial score (nSPS) is 18.4. The van der Waals surface area contributed by atoms with Gasteiger partial charge in [-0.25, -0.2) is 8.42 Å². The minimum Gasteiger partial charge on any atom is -0.506 e. The van der Waals surface area contributed by atoms with E-state index in [0.717, 1.165) is 12.8 Å². The molecule has 1 aromatic rings. The standard InChI is InChI=1S/C15H19NO4S/c1-2-21(19,20)12-8-9-14(17)13(10-12)16-15(18)11-6-4-3-5-7-11/h3-4,8-11,17H,2,5-7H2,1H3,(H,16,18)/t11-/m1/s1. The van der Waals surface area contributed by atoms with Crippen molar-refractivity contribution in [2.45, 2.75) is 31.1 Å². The number of amides is 1. The summed E-state index contributed by atoms with van der Waals surface area (Å²) in [5.74, 6) is -0.496. The maximum Gasteiger partial charge on any atom is 0.227 e. The number of allylic oxidation sites excluding steroid dienone is 2. The van der Waals surface area contributed by atoms with Crippen LogP contribution in [0.15, 0.2) is 35.2 Å². The summed E-state index contributed by atoms with van der Waals surface area (Å²) in [6, 6.07) is 3.94. The minimum atomic E-state index is -3.37. The number of aromatic hydroxyl groups is 1. The summed E-state index contributed by atoms with van der Waals surface area (Å²) in [4.78, 5) is 12.2. The van der Waals surface area contributed by atoms with E-state index in [2.05, 4.69) is 5.32 Å². The zero-order chi connectivity index (χ0) is 15.5. The Kier molecular flexibility index (Phi) is 4.67. The summed E-state index contributed by atoms with van der Waals surface area (Å²) in [5, 5.41) is 12.4. The Hall–Kier alpha value is -1.82.